The second kappa shape index (κ2) is 9.59. The molecule has 0 aliphatic heterocycles. The number of rotatable bonds is 4. The highest BCUT2D eigenvalue weighted by Gasteiger charge is 2.23. The molecule has 0 N–H and O–H groups in total. The molecular weight excluding hydrogens is 543 g/mol. The van der Waals surface area contributed by atoms with Gasteiger partial charge in [0, 0.05) is 41.9 Å². The Morgan fingerprint density at radius 3 is 1.95 bits per heavy atom. The lowest BCUT2D eigenvalue weighted by molar-refractivity contribution is 0.669. The van der Waals surface area contributed by atoms with E-state index in [9.17, 15) is 0 Å². The molecule has 0 unspecified atom stereocenters. The number of furan rings is 1. The van der Waals surface area contributed by atoms with Crippen LogP contribution in [0, 0.1) is 0 Å². The zero-order valence-electron chi connectivity index (χ0n) is 23.2. The van der Waals surface area contributed by atoms with Gasteiger partial charge in [-0.3, -0.25) is 0 Å². The summed E-state index contributed by atoms with van der Waals surface area (Å²) in [5, 5.41) is 7.26. The summed E-state index contributed by atoms with van der Waals surface area (Å²) in [5.41, 5.74) is 7.56. The van der Waals surface area contributed by atoms with Crippen LogP contribution in [0.25, 0.3) is 64.0 Å². The van der Waals surface area contributed by atoms with Gasteiger partial charge in [-0.25, -0.2) is 0 Å². The van der Waals surface area contributed by atoms with E-state index in [1.54, 1.807) is 0 Å². The Balaban J connectivity index is 1.41. The third-order valence-corrected chi connectivity index (χ3v) is 9.60. The van der Waals surface area contributed by atoms with Crippen molar-refractivity contribution < 1.29 is 4.42 Å². The van der Waals surface area contributed by atoms with Crippen LogP contribution in [0.1, 0.15) is 0 Å². The summed E-state index contributed by atoms with van der Waals surface area (Å²) in [7, 11) is 0. The molecule has 2 heterocycles. The van der Waals surface area contributed by atoms with Crippen LogP contribution in [0.5, 0.6) is 0 Å². The Morgan fingerprint density at radius 1 is 0.395 bits per heavy atom. The minimum Gasteiger partial charge on any atom is -0.456 e. The van der Waals surface area contributed by atoms with Gasteiger partial charge in [0.05, 0.1) is 17.1 Å². The summed E-state index contributed by atoms with van der Waals surface area (Å²) in [6.45, 7) is 0. The Kier molecular flexibility index (Phi) is 5.40. The van der Waals surface area contributed by atoms with E-state index in [0.717, 1.165) is 44.4 Å². The Labute approximate surface area is 252 Å². The SMILES string of the molecule is c1ccc(N(c2cccc3ccccc23)c2cccc3sc4ccccc4c23)c(-c2cccc3oc4ccccc4c23)c1. The van der Waals surface area contributed by atoms with Gasteiger partial charge in [-0.2, -0.15) is 0 Å². The summed E-state index contributed by atoms with van der Waals surface area (Å²) in [6, 6.07) is 54.3. The van der Waals surface area contributed by atoms with Crippen molar-refractivity contribution >= 4 is 81.3 Å². The fraction of sp³-hybridized carbons (Fsp3) is 0. The van der Waals surface area contributed by atoms with E-state index >= 15 is 0 Å². The van der Waals surface area contributed by atoms with E-state index in [1.807, 2.05) is 17.4 Å². The molecule has 0 saturated carbocycles. The van der Waals surface area contributed by atoms with E-state index in [4.69, 9.17) is 4.42 Å². The topological polar surface area (TPSA) is 16.4 Å². The van der Waals surface area contributed by atoms with Crippen LogP contribution in [-0.4, -0.2) is 0 Å². The first-order valence-corrected chi connectivity index (χ1v) is 15.3. The van der Waals surface area contributed by atoms with Gasteiger partial charge in [-0.1, -0.05) is 109 Å². The molecule has 0 spiro atoms. The quantitative estimate of drug-likeness (QED) is 0.210. The van der Waals surface area contributed by atoms with Crippen LogP contribution in [0.3, 0.4) is 0 Å². The average Bonchev–Trinajstić information content (AvgIpc) is 3.64. The van der Waals surface area contributed by atoms with Crippen LogP contribution in [0.2, 0.25) is 0 Å². The van der Waals surface area contributed by atoms with Gasteiger partial charge in [0.2, 0.25) is 0 Å². The molecule has 2 aromatic heterocycles. The van der Waals surface area contributed by atoms with Gasteiger partial charge in [0.1, 0.15) is 11.2 Å². The van der Waals surface area contributed by atoms with E-state index in [2.05, 4.69) is 150 Å². The molecule has 202 valence electrons. The molecule has 9 rings (SSSR count). The lowest BCUT2D eigenvalue weighted by Crippen LogP contribution is -2.12. The average molecular weight is 568 g/mol. The molecule has 0 aliphatic rings. The predicted octanol–water partition coefficient (Wildman–Crippen LogP) is 12.2. The molecule has 0 atom stereocenters. The van der Waals surface area contributed by atoms with Gasteiger partial charge >= 0.3 is 0 Å². The molecule has 0 radical (unpaired) electrons. The third kappa shape index (κ3) is 3.72. The Bertz CT molecular complexity index is 2480. The molecule has 0 fully saturated rings. The Morgan fingerprint density at radius 2 is 1.00 bits per heavy atom. The summed E-state index contributed by atoms with van der Waals surface area (Å²) < 4.78 is 8.90. The number of fused-ring (bicyclic) bond motifs is 7. The number of nitrogens with zero attached hydrogens (tertiary/aromatic N) is 1. The summed E-state index contributed by atoms with van der Waals surface area (Å²) in [4.78, 5) is 2.47. The van der Waals surface area contributed by atoms with Gasteiger partial charge in [-0.15, -0.1) is 11.3 Å². The number of benzene rings is 7. The number of hydrogen-bond acceptors (Lipinski definition) is 3. The highest BCUT2D eigenvalue weighted by atomic mass is 32.1. The molecule has 0 amide bonds. The molecule has 43 heavy (non-hydrogen) atoms. The van der Waals surface area contributed by atoms with Gasteiger partial charge in [0.15, 0.2) is 0 Å². The molecule has 3 heteroatoms. The van der Waals surface area contributed by atoms with E-state index in [1.165, 1.54) is 36.6 Å². The second-order valence-electron chi connectivity index (χ2n) is 10.9. The molecule has 0 bridgehead atoms. The number of thiophene rings is 1. The molecular formula is C40H25NOS. The molecule has 7 aromatic carbocycles. The molecule has 2 nitrogen and oxygen atoms in total. The van der Waals surface area contributed by atoms with Crippen LogP contribution >= 0.6 is 11.3 Å². The van der Waals surface area contributed by atoms with E-state index < -0.39 is 0 Å². The van der Waals surface area contributed by atoms with Crippen LogP contribution in [-0.2, 0) is 0 Å². The first-order chi connectivity index (χ1) is 21.3. The van der Waals surface area contributed by atoms with Crippen molar-refractivity contribution in [2.24, 2.45) is 0 Å². The number of anilines is 3. The Hall–Kier alpha value is -5.38. The van der Waals surface area contributed by atoms with Crippen LogP contribution in [0.4, 0.5) is 17.1 Å². The largest absolute Gasteiger partial charge is 0.456 e. The standard InChI is InChI=1S/C40H25NOS/c1-2-14-27-26(12-1)13-9-20-32(27)41(34-21-11-25-38-40(34)31-17-5-8-24-37(31)43-38)33-19-6-3-15-28(33)29-18-10-23-36-39(29)30-16-4-7-22-35(30)42-36/h1-25H. The predicted molar refractivity (Wildman–Crippen MR) is 184 cm³/mol. The minimum absolute atomic E-state index is 0.899. The van der Waals surface area contributed by atoms with Gasteiger partial charge in [0.25, 0.3) is 0 Å². The van der Waals surface area contributed by atoms with Crippen LogP contribution in [0.15, 0.2) is 156 Å². The molecule has 9 aromatic rings. The zero-order valence-corrected chi connectivity index (χ0v) is 24.0. The smallest absolute Gasteiger partial charge is 0.136 e. The van der Waals surface area contributed by atoms with Crippen molar-refractivity contribution in [1.82, 2.24) is 0 Å². The van der Waals surface area contributed by atoms with Crippen molar-refractivity contribution in [3.05, 3.63) is 152 Å². The monoisotopic (exact) mass is 567 g/mol. The van der Waals surface area contributed by atoms with Crippen molar-refractivity contribution in [2.45, 2.75) is 0 Å². The van der Waals surface area contributed by atoms with Crippen molar-refractivity contribution in [1.29, 1.82) is 0 Å². The van der Waals surface area contributed by atoms with Crippen molar-refractivity contribution in [2.75, 3.05) is 4.90 Å². The van der Waals surface area contributed by atoms with Crippen molar-refractivity contribution in [3.63, 3.8) is 0 Å². The minimum atomic E-state index is 0.899. The zero-order chi connectivity index (χ0) is 28.3. The number of para-hydroxylation sites is 2. The van der Waals surface area contributed by atoms with Crippen molar-refractivity contribution in [3.8, 4) is 11.1 Å². The number of hydrogen-bond donors (Lipinski definition) is 0. The maximum Gasteiger partial charge on any atom is 0.136 e. The molecule has 0 aliphatic carbocycles. The van der Waals surface area contributed by atoms with Crippen LogP contribution < -0.4 is 4.90 Å². The highest BCUT2D eigenvalue weighted by molar-refractivity contribution is 7.26. The maximum atomic E-state index is 6.33. The first-order valence-electron chi connectivity index (χ1n) is 14.5. The summed E-state index contributed by atoms with van der Waals surface area (Å²) >= 11 is 1.85. The lowest BCUT2D eigenvalue weighted by Gasteiger charge is -2.30. The summed E-state index contributed by atoms with van der Waals surface area (Å²) in [5.74, 6) is 0. The molecule has 0 saturated heterocycles. The first kappa shape index (κ1) is 24.2. The fourth-order valence-corrected chi connectivity index (χ4v) is 7.76. The van der Waals surface area contributed by atoms with E-state index in [-0.39, 0.29) is 0 Å². The van der Waals surface area contributed by atoms with E-state index in [0.29, 0.717) is 0 Å². The maximum absolute atomic E-state index is 6.33. The fourth-order valence-electron chi connectivity index (χ4n) is 6.63. The second-order valence-corrected chi connectivity index (χ2v) is 12.0. The lowest BCUT2D eigenvalue weighted by atomic mass is 9.96. The highest BCUT2D eigenvalue weighted by Crippen LogP contribution is 2.49. The van der Waals surface area contributed by atoms with Gasteiger partial charge in [-0.05, 0) is 53.4 Å². The third-order valence-electron chi connectivity index (χ3n) is 8.47. The summed E-state index contributed by atoms with van der Waals surface area (Å²) in [6.07, 6.45) is 0. The normalized spacial score (nSPS) is 11.7. The van der Waals surface area contributed by atoms with Gasteiger partial charge < -0.3 is 9.32 Å².